The SMILES string of the molecule is CC/C=C\C/C=C\C/C=C\C/C=C\C/C=C\C/C=C\C/C=C\C/C=C\C/C=C\CCCC(=O)OCC(COC(=O)CCCCCCC/C=C\C/C=C\CCCCC)OC(=O)CCCCCCCCCCCCCCCCCCCCC. The predicted molar refractivity (Wildman–Crippen MR) is 353 cm³/mol. The maximum atomic E-state index is 12.9. The number of carbonyl (C=O) groups excluding carboxylic acids is 3. The summed E-state index contributed by atoms with van der Waals surface area (Å²) in [5.41, 5.74) is 0. The first-order chi connectivity index (χ1) is 40.0. The number of ether oxygens (including phenoxy) is 3. The van der Waals surface area contributed by atoms with Gasteiger partial charge in [0.2, 0.25) is 0 Å². The fourth-order valence-corrected chi connectivity index (χ4v) is 9.12. The molecule has 0 fully saturated rings. The van der Waals surface area contributed by atoms with Crippen molar-refractivity contribution in [2.75, 3.05) is 13.2 Å². The van der Waals surface area contributed by atoms with E-state index in [1.807, 2.05) is 0 Å². The Bertz CT molecular complexity index is 1720. The van der Waals surface area contributed by atoms with Crippen LogP contribution in [-0.4, -0.2) is 37.2 Å². The minimum atomic E-state index is -0.812. The van der Waals surface area contributed by atoms with Crippen LogP contribution >= 0.6 is 0 Å². The van der Waals surface area contributed by atoms with Gasteiger partial charge in [-0.2, -0.15) is 0 Å². The van der Waals surface area contributed by atoms with Gasteiger partial charge in [0.1, 0.15) is 13.2 Å². The van der Waals surface area contributed by atoms with Crippen LogP contribution < -0.4 is 0 Å². The molecule has 0 heterocycles. The van der Waals surface area contributed by atoms with Crippen molar-refractivity contribution in [3.63, 3.8) is 0 Å². The first-order valence-corrected chi connectivity index (χ1v) is 33.7. The zero-order valence-corrected chi connectivity index (χ0v) is 52.8. The first-order valence-electron chi connectivity index (χ1n) is 33.7. The fraction of sp³-hybridized carbons (Fsp3) is 0.667. The van der Waals surface area contributed by atoms with Crippen LogP contribution in [0.5, 0.6) is 0 Å². The Morgan fingerprint density at radius 3 is 0.827 bits per heavy atom. The Balaban J connectivity index is 4.46. The van der Waals surface area contributed by atoms with Gasteiger partial charge in [-0.1, -0.05) is 302 Å². The summed E-state index contributed by atoms with van der Waals surface area (Å²) in [4.78, 5) is 38.4. The molecule has 0 amide bonds. The summed E-state index contributed by atoms with van der Waals surface area (Å²) in [6, 6.07) is 0. The summed E-state index contributed by atoms with van der Waals surface area (Å²) in [7, 11) is 0. The standard InChI is InChI=1S/C75H124O6/c1-4-7-10-13-16-19-22-25-28-30-32-33-34-35-36-37-38-39-40-41-43-44-47-50-53-56-59-62-65-68-74(77)80-71-72(70-79-73(76)67-64-61-58-55-52-49-46-27-24-21-18-15-12-9-6-3)81-75(78)69-66-63-60-57-54-51-48-45-42-31-29-26-23-20-17-14-11-8-5-2/h7,10,16,18-19,21,25,27-28,32-33,35-36,38-39,41,43,46-47,50,56,59,72H,4-6,8-9,11-15,17,20,22-24,26,29-31,34,37,40,42,44-45,48-49,51-55,57-58,60-71H2,1-3H3/b10-7-,19-16-,21-18-,28-25-,33-32-,36-35-,39-38-,43-41-,46-27-,50-47-,59-56-. The monoisotopic (exact) mass is 1120 g/mol. The lowest BCUT2D eigenvalue weighted by Crippen LogP contribution is -2.30. The van der Waals surface area contributed by atoms with E-state index in [1.54, 1.807) is 0 Å². The summed E-state index contributed by atoms with van der Waals surface area (Å²) in [5, 5.41) is 0. The molecule has 460 valence electrons. The molecule has 6 nitrogen and oxygen atoms in total. The second kappa shape index (κ2) is 68.1. The Kier molecular flexibility index (Phi) is 64.3. The topological polar surface area (TPSA) is 78.9 Å². The number of rotatable bonds is 60. The van der Waals surface area contributed by atoms with Crippen LogP contribution in [0.15, 0.2) is 134 Å². The van der Waals surface area contributed by atoms with Crippen LogP contribution in [0.3, 0.4) is 0 Å². The maximum absolute atomic E-state index is 12.9. The number of unbranched alkanes of at least 4 members (excludes halogenated alkanes) is 27. The molecule has 0 aliphatic carbocycles. The number of allylic oxidation sites excluding steroid dienone is 22. The summed E-state index contributed by atoms with van der Waals surface area (Å²) in [6.45, 7) is 6.46. The van der Waals surface area contributed by atoms with Gasteiger partial charge in [-0.15, -0.1) is 0 Å². The maximum Gasteiger partial charge on any atom is 0.306 e. The van der Waals surface area contributed by atoms with E-state index in [9.17, 15) is 14.4 Å². The Hall–Kier alpha value is -4.45. The van der Waals surface area contributed by atoms with Gasteiger partial charge in [0.05, 0.1) is 0 Å². The molecule has 0 aliphatic heterocycles. The van der Waals surface area contributed by atoms with Gasteiger partial charge in [-0.05, 0) is 116 Å². The molecule has 1 atom stereocenters. The zero-order chi connectivity index (χ0) is 58.5. The third-order valence-electron chi connectivity index (χ3n) is 14.1. The van der Waals surface area contributed by atoms with Gasteiger partial charge >= 0.3 is 17.9 Å². The molecule has 0 radical (unpaired) electrons. The Morgan fingerprint density at radius 2 is 0.494 bits per heavy atom. The largest absolute Gasteiger partial charge is 0.462 e. The summed E-state index contributed by atoms with van der Waals surface area (Å²) in [6.07, 6.45) is 96.1. The van der Waals surface area contributed by atoms with E-state index in [1.165, 1.54) is 128 Å². The minimum absolute atomic E-state index is 0.104. The van der Waals surface area contributed by atoms with Crippen LogP contribution in [0.2, 0.25) is 0 Å². The van der Waals surface area contributed by atoms with E-state index in [2.05, 4.69) is 154 Å². The molecule has 0 aromatic rings. The lowest BCUT2D eigenvalue weighted by molar-refractivity contribution is -0.167. The summed E-state index contributed by atoms with van der Waals surface area (Å²) < 4.78 is 16.9. The third kappa shape index (κ3) is 66.2. The van der Waals surface area contributed by atoms with E-state index in [4.69, 9.17) is 14.2 Å². The number of hydrogen-bond donors (Lipinski definition) is 0. The second-order valence-electron chi connectivity index (χ2n) is 22.0. The highest BCUT2D eigenvalue weighted by atomic mass is 16.6. The van der Waals surface area contributed by atoms with Crippen molar-refractivity contribution in [3.8, 4) is 0 Å². The van der Waals surface area contributed by atoms with E-state index < -0.39 is 6.10 Å². The van der Waals surface area contributed by atoms with Crippen LogP contribution in [0.4, 0.5) is 0 Å². The molecule has 0 aromatic carbocycles. The number of esters is 3. The van der Waals surface area contributed by atoms with Crippen LogP contribution in [0.1, 0.15) is 303 Å². The average Bonchev–Trinajstić information content (AvgIpc) is 3.47. The van der Waals surface area contributed by atoms with Crippen LogP contribution in [-0.2, 0) is 28.6 Å². The number of carbonyl (C=O) groups is 3. The van der Waals surface area contributed by atoms with Crippen LogP contribution in [0.25, 0.3) is 0 Å². The Labute approximate surface area is 500 Å². The van der Waals surface area contributed by atoms with E-state index in [0.29, 0.717) is 19.3 Å². The summed E-state index contributed by atoms with van der Waals surface area (Å²) >= 11 is 0. The van der Waals surface area contributed by atoms with Gasteiger partial charge in [0.15, 0.2) is 6.10 Å². The molecule has 0 saturated heterocycles. The molecule has 0 rings (SSSR count). The smallest absolute Gasteiger partial charge is 0.306 e. The molecule has 0 N–H and O–H groups in total. The highest BCUT2D eigenvalue weighted by Gasteiger charge is 2.19. The van der Waals surface area contributed by atoms with Gasteiger partial charge in [0, 0.05) is 19.3 Å². The van der Waals surface area contributed by atoms with Crippen molar-refractivity contribution in [3.05, 3.63) is 134 Å². The highest BCUT2D eigenvalue weighted by Crippen LogP contribution is 2.16. The van der Waals surface area contributed by atoms with Crippen molar-refractivity contribution in [2.45, 2.75) is 309 Å². The van der Waals surface area contributed by atoms with Crippen molar-refractivity contribution < 1.29 is 28.6 Å². The third-order valence-corrected chi connectivity index (χ3v) is 14.1. The predicted octanol–water partition coefficient (Wildman–Crippen LogP) is 23.3. The number of hydrogen-bond acceptors (Lipinski definition) is 6. The first kappa shape index (κ1) is 76.5. The Morgan fingerprint density at radius 1 is 0.259 bits per heavy atom. The van der Waals surface area contributed by atoms with E-state index in [-0.39, 0.29) is 37.5 Å². The molecule has 0 spiro atoms. The molecular weight excluding hydrogens is 997 g/mol. The van der Waals surface area contributed by atoms with Gasteiger partial charge in [0.25, 0.3) is 0 Å². The molecule has 81 heavy (non-hydrogen) atoms. The lowest BCUT2D eigenvalue weighted by Gasteiger charge is -2.18. The van der Waals surface area contributed by atoms with Gasteiger partial charge in [-0.3, -0.25) is 14.4 Å². The normalized spacial score (nSPS) is 13.0. The quantitative estimate of drug-likeness (QED) is 0.0261. The molecule has 0 saturated carbocycles. The molecule has 1 unspecified atom stereocenters. The molecule has 0 aromatic heterocycles. The second-order valence-corrected chi connectivity index (χ2v) is 22.0. The van der Waals surface area contributed by atoms with Gasteiger partial charge < -0.3 is 14.2 Å². The molecule has 0 bridgehead atoms. The van der Waals surface area contributed by atoms with Crippen molar-refractivity contribution in [2.24, 2.45) is 0 Å². The molecular formula is C75H124O6. The summed E-state index contributed by atoms with van der Waals surface area (Å²) in [5.74, 6) is -0.971. The average molecular weight is 1120 g/mol. The highest BCUT2D eigenvalue weighted by molar-refractivity contribution is 5.71. The fourth-order valence-electron chi connectivity index (χ4n) is 9.12. The van der Waals surface area contributed by atoms with Gasteiger partial charge in [-0.25, -0.2) is 0 Å². The molecule has 6 heteroatoms. The van der Waals surface area contributed by atoms with Crippen molar-refractivity contribution >= 4 is 17.9 Å². The molecule has 0 aliphatic rings. The zero-order valence-electron chi connectivity index (χ0n) is 52.8. The van der Waals surface area contributed by atoms with Crippen LogP contribution in [0, 0.1) is 0 Å². The van der Waals surface area contributed by atoms with E-state index in [0.717, 1.165) is 128 Å². The minimum Gasteiger partial charge on any atom is -0.462 e. The van der Waals surface area contributed by atoms with Crippen molar-refractivity contribution in [1.29, 1.82) is 0 Å². The lowest BCUT2D eigenvalue weighted by atomic mass is 10.0. The van der Waals surface area contributed by atoms with Crippen molar-refractivity contribution in [1.82, 2.24) is 0 Å². The van der Waals surface area contributed by atoms with E-state index >= 15 is 0 Å².